The normalized spacial score (nSPS) is 11.4. The maximum Gasteiger partial charge on any atom is 0.292 e. The largest absolute Gasteiger partial charge is 0.507 e. The molecule has 9 nitrogen and oxygen atoms in total. The molecule has 11 heteroatoms. The van der Waals surface area contributed by atoms with Crippen molar-refractivity contribution >= 4 is 35.7 Å². The number of hydrogen-bond donors (Lipinski definition) is 3. The second kappa shape index (κ2) is 15.7. The molecule has 2 heterocycles. The summed E-state index contributed by atoms with van der Waals surface area (Å²) in [5.74, 6) is -1.80. The third kappa shape index (κ3) is 8.01. The molecule has 2 aromatic heterocycles. The van der Waals surface area contributed by atoms with Crippen molar-refractivity contribution in [2.45, 2.75) is 46.1 Å². The quantitative estimate of drug-likeness (QED) is 0.152. The summed E-state index contributed by atoms with van der Waals surface area (Å²) in [5.41, 5.74) is 1.92. The summed E-state index contributed by atoms with van der Waals surface area (Å²) in [6.45, 7) is 7.98. The van der Waals surface area contributed by atoms with Crippen molar-refractivity contribution in [2.24, 2.45) is 0 Å². The van der Waals surface area contributed by atoms with E-state index in [0.29, 0.717) is 23.2 Å². The van der Waals surface area contributed by atoms with Crippen molar-refractivity contribution in [2.75, 3.05) is 23.7 Å². The summed E-state index contributed by atoms with van der Waals surface area (Å²) < 4.78 is 18.9. The number of nitrogens with zero attached hydrogens (tertiary/aromatic N) is 3. The zero-order valence-electron chi connectivity index (χ0n) is 24.8. The molecule has 1 unspecified atom stereocenters. The van der Waals surface area contributed by atoms with Gasteiger partial charge in [-0.05, 0) is 67.5 Å². The predicted octanol–water partition coefficient (Wildman–Crippen LogP) is 7.24. The van der Waals surface area contributed by atoms with E-state index in [9.17, 15) is 24.3 Å². The average molecular weight is 620 g/mol. The van der Waals surface area contributed by atoms with Crippen molar-refractivity contribution < 1.29 is 23.5 Å². The summed E-state index contributed by atoms with van der Waals surface area (Å²) >= 11 is 0. The van der Waals surface area contributed by atoms with Crippen LogP contribution in [0.3, 0.4) is 0 Å². The molecule has 0 radical (unpaired) electrons. The summed E-state index contributed by atoms with van der Waals surface area (Å²) in [5, 5.41) is 26.3. The molecule has 4 aromatic rings. The Morgan fingerprint density at radius 1 is 1.05 bits per heavy atom. The fourth-order valence-electron chi connectivity index (χ4n) is 5.09. The second-order valence-electron chi connectivity index (χ2n) is 9.98. The van der Waals surface area contributed by atoms with Crippen LogP contribution in [0.2, 0.25) is 0 Å². The third-order valence-corrected chi connectivity index (χ3v) is 7.17. The zero-order valence-corrected chi connectivity index (χ0v) is 25.6. The Hall–Kier alpha value is -4.72. The van der Waals surface area contributed by atoms with Crippen molar-refractivity contribution in [3.63, 3.8) is 0 Å². The van der Waals surface area contributed by atoms with Crippen LogP contribution in [-0.2, 0) is 4.79 Å². The third-order valence-electron chi connectivity index (χ3n) is 7.17. The molecule has 44 heavy (non-hydrogen) atoms. The number of anilines is 2. The van der Waals surface area contributed by atoms with E-state index in [2.05, 4.69) is 47.4 Å². The van der Waals surface area contributed by atoms with Gasteiger partial charge in [0.15, 0.2) is 11.6 Å². The maximum absolute atomic E-state index is 13.8. The highest BCUT2D eigenvalue weighted by Crippen LogP contribution is 2.36. The molecule has 4 rings (SSSR count). The number of nitriles is 1. The summed E-state index contributed by atoms with van der Waals surface area (Å²) in [7, 11) is 0. The summed E-state index contributed by atoms with van der Waals surface area (Å²) in [6.07, 6.45) is 3.56. The van der Waals surface area contributed by atoms with E-state index in [0.717, 1.165) is 32.0 Å². The highest BCUT2D eigenvalue weighted by molar-refractivity contribution is 6.03. The second-order valence-corrected chi connectivity index (χ2v) is 9.98. The average Bonchev–Trinajstić information content (AvgIpc) is 3.53. The van der Waals surface area contributed by atoms with Gasteiger partial charge in [0.05, 0.1) is 12.0 Å². The Kier molecular flexibility index (Phi) is 12.0. The van der Waals surface area contributed by atoms with E-state index in [1.807, 2.05) is 0 Å². The Bertz CT molecular complexity index is 1630. The van der Waals surface area contributed by atoms with Gasteiger partial charge in [-0.2, -0.15) is 5.26 Å². The van der Waals surface area contributed by atoms with Gasteiger partial charge in [-0.15, -0.1) is 12.4 Å². The van der Waals surface area contributed by atoms with Gasteiger partial charge in [0, 0.05) is 35.3 Å². The van der Waals surface area contributed by atoms with E-state index in [-0.39, 0.29) is 58.5 Å². The van der Waals surface area contributed by atoms with E-state index in [1.165, 1.54) is 24.5 Å². The number of rotatable bonds is 12. The first-order valence-corrected chi connectivity index (χ1v) is 14.2. The lowest BCUT2D eigenvalue weighted by molar-refractivity contribution is -0.117. The molecule has 0 saturated heterocycles. The first-order valence-electron chi connectivity index (χ1n) is 14.2. The molecular formula is C33H35ClFN5O4. The molecule has 2 amide bonds. The number of halogens is 2. The van der Waals surface area contributed by atoms with Crippen LogP contribution in [0, 0.1) is 17.1 Å². The van der Waals surface area contributed by atoms with Crippen LogP contribution in [0.1, 0.15) is 56.2 Å². The van der Waals surface area contributed by atoms with Gasteiger partial charge in [-0.3, -0.25) is 9.59 Å². The minimum Gasteiger partial charge on any atom is -0.507 e. The van der Waals surface area contributed by atoms with Crippen molar-refractivity contribution in [1.82, 2.24) is 9.88 Å². The van der Waals surface area contributed by atoms with Crippen LogP contribution < -0.4 is 10.6 Å². The van der Waals surface area contributed by atoms with Gasteiger partial charge in [0.2, 0.25) is 5.91 Å². The molecule has 0 spiro atoms. The minimum absolute atomic E-state index is 0. The predicted molar refractivity (Wildman–Crippen MR) is 170 cm³/mol. The number of benzene rings is 2. The Balaban J connectivity index is 0.00000529. The number of pyridine rings is 1. The molecule has 0 fully saturated rings. The number of phenolic OH excluding ortho intramolecular Hbond substituents is 1. The Morgan fingerprint density at radius 2 is 1.82 bits per heavy atom. The van der Waals surface area contributed by atoms with Gasteiger partial charge < -0.3 is 25.1 Å². The first kappa shape index (κ1) is 33.8. The van der Waals surface area contributed by atoms with Crippen molar-refractivity contribution in [3.8, 4) is 34.2 Å². The van der Waals surface area contributed by atoms with Crippen LogP contribution in [0.4, 0.5) is 15.9 Å². The number of carbonyl (C=O) groups is 2. The highest BCUT2D eigenvalue weighted by Gasteiger charge is 2.22. The maximum atomic E-state index is 13.8. The number of furan rings is 1. The number of hydrogen-bond acceptors (Lipinski definition) is 7. The monoisotopic (exact) mass is 619 g/mol. The first-order chi connectivity index (χ1) is 20.8. The van der Waals surface area contributed by atoms with Crippen molar-refractivity contribution in [1.29, 1.82) is 5.26 Å². The van der Waals surface area contributed by atoms with E-state index >= 15 is 0 Å². The fourth-order valence-corrected chi connectivity index (χ4v) is 5.09. The van der Waals surface area contributed by atoms with Gasteiger partial charge in [-0.25, -0.2) is 9.37 Å². The SMILES string of the molecule is CCCC(CC(=O)Nc1cccc(-c2cc(-c3ccc(F)cc3O)nc(NC(=O)c3ccco3)c2C#N)c1)N(CC)CC.Cl. The number of amides is 2. The number of carbonyl (C=O) groups excluding carboxylic acids is 2. The van der Waals surface area contributed by atoms with Gasteiger partial charge >= 0.3 is 0 Å². The fraction of sp³-hybridized carbons (Fsp3) is 0.273. The van der Waals surface area contributed by atoms with Crippen molar-refractivity contribution in [3.05, 3.63) is 84.1 Å². The Labute approximate surface area is 262 Å². The molecular weight excluding hydrogens is 585 g/mol. The molecule has 0 aliphatic rings. The molecule has 0 aliphatic carbocycles. The van der Waals surface area contributed by atoms with Crippen LogP contribution in [0.5, 0.6) is 5.75 Å². The van der Waals surface area contributed by atoms with E-state index in [1.54, 1.807) is 36.4 Å². The van der Waals surface area contributed by atoms with Crippen LogP contribution >= 0.6 is 12.4 Å². The molecule has 2 aromatic carbocycles. The Morgan fingerprint density at radius 3 is 2.45 bits per heavy atom. The molecule has 230 valence electrons. The lowest BCUT2D eigenvalue weighted by Crippen LogP contribution is -2.37. The minimum atomic E-state index is -0.632. The van der Waals surface area contributed by atoms with Crippen LogP contribution in [0.15, 0.2) is 71.3 Å². The molecule has 3 N–H and O–H groups in total. The van der Waals surface area contributed by atoms with Gasteiger partial charge in [0.25, 0.3) is 5.91 Å². The van der Waals surface area contributed by atoms with Gasteiger partial charge in [0.1, 0.15) is 23.2 Å². The highest BCUT2D eigenvalue weighted by atomic mass is 35.5. The standard InChI is InChI=1S/C33H34FN5O4.ClH/c1-4-9-24(39(5-2)6-3)18-31(41)36-23-11-7-10-21(16-23)26-19-28(25-14-13-22(34)17-29(25)40)37-32(27(26)20-35)38-33(42)30-12-8-15-43-30;/h7-8,10-17,19,24,40H,4-6,9,18H2,1-3H3,(H,36,41)(H,37,38,42);1H. The molecule has 1 atom stereocenters. The van der Waals surface area contributed by atoms with Gasteiger partial charge in [-0.1, -0.05) is 39.3 Å². The lowest BCUT2D eigenvalue weighted by Gasteiger charge is -2.29. The summed E-state index contributed by atoms with van der Waals surface area (Å²) in [4.78, 5) is 32.6. The molecule has 0 aliphatic heterocycles. The smallest absolute Gasteiger partial charge is 0.292 e. The number of aromatic nitrogens is 1. The number of aromatic hydroxyl groups is 1. The van der Waals surface area contributed by atoms with Crippen LogP contribution in [0.25, 0.3) is 22.4 Å². The summed E-state index contributed by atoms with van der Waals surface area (Å²) in [6, 6.07) is 17.3. The van der Waals surface area contributed by atoms with E-state index < -0.39 is 11.7 Å². The van der Waals surface area contributed by atoms with E-state index in [4.69, 9.17) is 4.42 Å². The zero-order chi connectivity index (χ0) is 30.9. The molecule has 0 saturated carbocycles. The van der Waals surface area contributed by atoms with Crippen LogP contribution in [-0.4, -0.2) is 45.9 Å². The topological polar surface area (TPSA) is 131 Å². The lowest BCUT2D eigenvalue weighted by atomic mass is 9.97. The number of nitrogens with one attached hydrogen (secondary N) is 2. The molecule has 0 bridgehead atoms. The number of phenols is 1.